The largest absolute Gasteiger partial charge is 0.486 e. The molecule has 0 saturated carbocycles. The molecule has 2 aliphatic rings. The van der Waals surface area contributed by atoms with Crippen molar-refractivity contribution in [1.29, 1.82) is 0 Å². The Morgan fingerprint density at radius 3 is 2.68 bits per heavy atom. The minimum absolute atomic E-state index is 0.0753. The lowest BCUT2D eigenvalue weighted by atomic mass is 9.97. The first-order chi connectivity index (χ1) is 16.6. The highest BCUT2D eigenvalue weighted by molar-refractivity contribution is 5.83. The molecule has 1 fully saturated rings. The molecule has 8 heteroatoms. The van der Waals surface area contributed by atoms with Gasteiger partial charge in [0.25, 0.3) is 5.56 Å². The second-order valence-electron chi connectivity index (χ2n) is 8.64. The van der Waals surface area contributed by atoms with E-state index in [4.69, 9.17) is 14.2 Å². The summed E-state index contributed by atoms with van der Waals surface area (Å²) in [5, 5.41) is 4.23. The van der Waals surface area contributed by atoms with Crippen LogP contribution in [0.4, 0.5) is 11.4 Å². The SMILES string of the molecule is CCOC(=O)[C@H]1CCCN(c2ccc(NCc3cc4cc5c(cc4[nH]c3=O)OCCO5)cc2)C1. The van der Waals surface area contributed by atoms with E-state index in [2.05, 4.69) is 15.2 Å². The second kappa shape index (κ2) is 9.67. The predicted octanol–water partition coefficient (Wildman–Crippen LogP) is 3.69. The molecule has 0 bridgehead atoms. The van der Waals surface area contributed by atoms with Gasteiger partial charge in [0.15, 0.2) is 11.5 Å². The number of carbonyl (C=O) groups excluding carboxylic acids is 1. The number of H-pyrrole nitrogens is 1. The zero-order chi connectivity index (χ0) is 23.5. The normalized spacial score (nSPS) is 17.4. The molecule has 3 heterocycles. The Kier molecular flexibility index (Phi) is 6.29. The van der Waals surface area contributed by atoms with Crippen LogP contribution in [0.1, 0.15) is 25.3 Å². The number of anilines is 2. The molecule has 1 atom stereocenters. The number of hydrogen-bond acceptors (Lipinski definition) is 7. The minimum atomic E-state index is -0.133. The molecule has 0 amide bonds. The van der Waals surface area contributed by atoms with Crippen LogP contribution in [0.15, 0.2) is 47.3 Å². The van der Waals surface area contributed by atoms with E-state index in [9.17, 15) is 9.59 Å². The van der Waals surface area contributed by atoms with Crippen molar-refractivity contribution < 1.29 is 19.0 Å². The van der Waals surface area contributed by atoms with Gasteiger partial charge >= 0.3 is 5.97 Å². The van der Waals surface area contributed by atoms with Gasteiger partial charge in [-0.1, -0.05) is 0 Å². The van der Waals surface area contributed by atoms with Crippen LogP contribution in [0.5, 0.6) is 11.5 Å². The highest BCUT2D eigenvalue weighted by Gasteiger charge is 2.27. The van der Waals surface area contributed by atoms with Crippen molar-refractivity contribution in [3.05, 3.63) is 58.4 Å². The summed E-state index contributed by atoms with van der Waals surface area (Å²) in [4.78, 5) is 29.9. The first-order valence-corrected chi connectivity index (χ1v) is 11.8. The average molecular weight is 464 g/mol. The molecule has 1 saturated heterocycles. The third-order valence-electron chi connectivity index (χ3n) is 6.34. The van der Waals surface area contributed by atoms with Gasteiger partial charge in [-0.3, -0.25) is 9.59 Å². The molecule has 1 aromatic heterocycles. The van der Waals surface area contributed by atoms with Crippen molar-refractivity contribution >= 4 is 28.2 Å². The van der Waals surface area contributed by atoms with Crippen LogP contribution in [0.3, 0.4) is 0 Å². The molecular formula is C26H29N3O5. The number of pyridine rings is 1. The molecule has 0 aliphatic carbocycles. The van der Waals surface area contributed by atoms with Gasteiger partial charge in [-0.25, -0.2) is 0 Å². The zero-order valence-corrected chi connectivity index (χ0v) is 19.3. The van der Waals surface area contributed by atoms with Gasteiger partial charge in [-0.15, -0.1) is 0 Å². The molecule has 178 valence electrons. The molecule has 2 aromatic carbocycles. The third kappa shape index (κ3) is 4.66. The Bertz CT molecular complexity index is 1240. The van der Waals surface area contributed by atoms with Crippen LogP contribution in [0.2, 0.25) is 0 Å². The fourth-order valence-corrected chi connectivity index (χ4v) is 4.57. The highest BCUT2D eigenvalue weighted by atomic mass is 16.6. The summed E-state index contributed by atoms with van der Waals surface area (Å²) in [6, 6.07) is 13.7. The Balaban J connectivity index is 1.25. The van der Waals surface area contributed by atoms with Gasteiger partial charge in [-0.2, -0.15) is 0 Å². The molecule has 34 heavy (non-hydrogen) atoms. The van der Waals surface area contributed by atoms with E-state index < -0.39 is 0 Å². The van der Waals surface area contributed by atoms with Crippen LogP contribution >= 0.6 is 0 Å². The summed E-state index contributed by atoms with van der Waals surface area (Å²) in [5.41, 5.74) is 3.23. The number of aromatic nitrogens is 1. The van der Waals surface area contributed by atoms with E-state index >= 15 is 0 Å². The number of aromatic amines is 1. The van der Waals surface area contributed by atoms with Crippen molar-refractivity contribution in [2.45, 2.75) is 26.3 Å². The van der Waals surface area contributed by atoms with Gasteiger partial charge in [0.05, 0.1) is 18.0 Å². The standard InChI is InChI=1S/C26H29N3O5/c1-2-32-26(31)17-4-3-9-29(16-17)21-7-5-20(6-8-21)27-15-19-12-18-13-23-24(34-11-10-33-23)14-22(18)28-25(19)30/h5-8,12-14,17,27H,2-4,9-11,15-16H2,1H3,(H,28,30)/t17-/m0/s1. The molecule has 2 N–H and O–H groups in total. The first-order valence-electron chi connectivity index (χ1n) is 11.8. The maximum Gasteiger partial charge on any atom is 0.310 e. The lowest BCUT2D eigenvalue weighted by Crippen LogP contribution is -2.39. The molecular weight excluding hydrogens is 434 g/mol. The number of ether oxygens (including phenoxy) is 3. The van der Waals surface area contributed by atoms with Crippen molar-refractivity contribution in [3.63, 3.8) is 0 Å². The highest BCUT2D eigenvalue weighted by Crippen LogP contribution is 2.33. The molecule has 0 radical (unpaired) electrons. The predicted molar refractivity (Wildman–Crippen MR) is 131 cm³/mol. The molecule has 8 nitrogen and oxygen atoms in total. The number of hydrogen-bond donors (Lipinski definition) is 2. The monoisotopic (exact) mass is 463 g/mol. The van der Waals surface area contributed by atoms with Gasteiger partial charge in [0, 0.05) is 48.0 Å². The molecule has 0 unspecified atom stereocenters. The summed E-state index contributed by atoms with van der Waals surface area (Å²) >= 11 is 0. The third-order valence-corrected chi connectivity index (χ3v) is 6.34. The van der Waals surface area contributed by atoms with Gasteiger partial charge in [0.1, 0.15) is 13.2 Å². The first kappa shape index (κ1) is 22.1. The zero-order valence-electron chi connectivity index (χ0n) is 19.3. The van der Waals surface area contributed by atoms with E-state index in [0.29, 0.717) is 50.0 Å². The Morgan fingerprint density at radius 2 is 1.91 bits per heavy atom. The average Bonchev–Trinajstić information content (AvgIpc) is 2.87. The molecule has 2 aliphatic heterocycles. The van der Waals surface area contributed by atoms with Gasteiger partial charge in [-0.05, 0) is 56.2 Å². The maximum absolute atomic E-state index is 12.6. The number of nitrogens with one attached hydrogen (secondary N) is 2. The quantitative estimate of drug-likeness (QED) is 0.539. The summed E-state index contributed by atoms with van der Waals surface area (Å²) in [6.07, 6.45) is 1.84. The number of fused-ring (bicyclic) bond motifs is 2. The number of benzene rings is 2. The number of nitrogens with zero attached hydrogens (tertiary/aromatic N) is 1. The van der Waals surface area contributed by atoms with Crippen LogP contribution < -0.4 is 25.2 Å². The van der Waals surface area contributed by atoms with Crippen LogP contribution in [0, 0.1) is 5.92 Å². The second-order valence-corrected chi connectivity index (χ2v) is 8.64. The van der Waals surface area contributed by atoms with E-state index in [1.165, 1.54) is 0 Å². The van der Waals surface area contributed by atoms with Crippen molar-refractivity contribution in [2.24, 2.45) is 5.92 Å². The van der Waals surface area contributed by atoms with Crippen LogP contribution in [-0.2, 0) is 16.1 Å². The van der Waals surface area contributed by atoms with Crippen molar-refractivity contribution in [3.8, 4) is 11.5 Å². The Hall–Kier alpha value is -3.68. The van der Waals surface area contributed by atoms with Gasteiger partial charge < -0.3 is 29.4 Å². The summed E-state index contributed by atoms with van der Waals surface area (Å²) in [5.74, 6) is 1.17. The van der Waals surface area contributed by atoms with Crippen molar-refractivity contribution in [1.82, 2.24) is 4.98 Å². The summed E-state index contributed by atoms with van der Waals surface area (Å²) in [7, 11) is 0. The number of rotatable bonds is 6. The molecule has 0 spiro atoms. The van der Waals surface area contributed by atoms with Crippen molar-refractivity contribution in [2.75, 3.05) is 43.1 Å². The molecule has 5 rings (SSSR count). The summed E-state index contributed by atoms with van der Waals surface area (Å²) < 4.78 is 16.5. The summed E-state index contributed by atoms with van der Waals surface area (Å²) in [6.45, 7) is 5.28. The van der Waals surface area contributed by atoms with E-state index in [1.807, 2.05) is 49.4 Å². The molecule has 3 aromatic rings. The fraction of sp³-hybridized carbons (Fsp3) is 0.385. The minimum Gasteiger partial charge on any atom is -0.486 e. The van der Waals surface area contributed by atoms with E-state index in [-0.39, 0.29) is 17.4 Å². The van der Waals surface area contributed by atoms with E-state index in [0.717, 1.165) is 41.7 Å². The van der Waals surface area contributed by atoms with E-state index in [1.54, 1.807) is 0 Å². The lowest BCUT2D eigenvalue weighted by Gasteiger charge is -2.33. The Labute approximate surface area is 197 Å². The smallest absolute Gasteiger partial charge is 0.310 e. The Morgan fingerprint density at radius 1 is 1.15 bits per heavy atom. The lowest BCUT2D eigenvalue weighted by molar-refractivity contribution is -0.148. The van der Waals surface area contributed by atoms with Crippen LogP contribution in [-0.4, -0.2) is 43.9 Å². The fourth-order valence-electron chi connectivity index (χ4n) is 4.57. The number of esters is 1. The van der Waals surface area contributed by atoms with Crippen LogP contribution in [0.25, 0.3) is 10.9 Å². The maximum atomic E-state index is 12.6. The van der Waals surface area contributed by atoms with Gasteiger partial charge in [0.2, 0.25) is 0 Å². The topological polar surface area (TPSA) is 92.9 Å². The number of piperidine rings is 1. The number of carbonyl (C=O) groups is 1.